The summed E-state index contributed by atoms with van der Waals surface area (Å²) in [6, 6.07) is 4.63. The van der Waals surface area contributed by atoms with E-state index in [-0.39, 0.29) is 31.6 Å². The molecule has 1 saturated heterocycles. The van der Waals surface area contributed by atoms with Gasteiger partial charge in [0, 0.05) is 25.1 Å². The number of nitrogens with zero attached hydrogens (tertiary/aromatic N) is 1. The number of carboxylic acid groups (broad SMARTS) is 2. The Morgan fingerprint density at radius 1 is 1.09 bits per heavy atom. The van der Waals surface area contributed by atoms with E-state index in [0.717, 1.165) is 5.56 Å². The third kappa shape index (κ3) is 7.73. The highest BCUT2D eigenvalue weighted by Gasteiger charge is 2.38. The van der Waals surface area contributed by atoms with Gasteiger partial charge in [0.05, 0.1) is 6.04 Å². The molecular weight excluding hydrogens is 464 g/mol. The van der Waals surface area contributed by atoms with Gasteiger partial charge in [-0.15, -0.1) is 0 Å². The summed E-state index contributed by atoms with van der Waals surface area (Å²) in [6.07, 6.45) is 0.579. The average Bonchev–Trinajstić information content (AvgIpc) is 3.30. The lowest BCUT2D eigenvalue weighted by atomic mass is 10.1. The van der Waals surface area contributed by atoms with E-state index < -0.39 is 53.8 Å². The maximum absolute atomic E-state index is 13.1. The van der Waals surface area contributed by atoms with Crippen LogP contribution >= 0.6 is 12.6 Å². The third-order valence-corrected chi connectivity index (χ3v) is 5.90. The van der Waals surface area contributed by atoms with Gasteiger partial charge < -0.3 is 31.5 Å². The standard InChI is InChI=1S/C22H30N4O7S/c23-14(8-9-18(27)28)19(29)25-16(12-34)21(31)26-10-4-7-17(26)20(30)24-15(22(32)33)11-13-5-2-1-3-6-13/h1-3,5-6,14-17,34H,4,7-12,23H2,(H,24,30)(H,25,29)(H,27,28)(H,32,33). The van der Waals surface area contributed by atoms with Crippen LogP contribution in [-0.4, -0.2) is 81.2 Å². The average molecular weight is 495 g/mol. The number of hydrogen-bond acceptors (Lipinski definition) is 7. The van der Waals surface area contributed by atoms with Crippen LogP contribution in [0.1, 0.15) is 31.2 Å². The zero-order valence-corrected chi connectivity index (χ0v) is 19.4. The summed E-state index contributed by atoms with van der Waals surface area (Å²) in [4.78, 5) is 61.9. The molecule has 1 fully saturated rings. The van der Waals surface area contributed by atoms with E-state index in [1.165, 1.54) is 4.90 Å². The van der Waals surface area contributed by atoms with Crippen LogP contribution in [0, 0.1) is 0 Å². The van der Waals surface area contributed by atoms with E-state index >= 15 is 0 Å². The Kier molecular flexibility index (Phi) is 10.3. The van der Waals surface area contributed by atoms with Crippen LogP contribution in [0.4, 0.5) is 0 Å². The van der Waals surface area contributed by atoms with E-state index in [0.29, 0.717) is 12.8 Å². The minimum atomic E-state index is -1.19. The molecular formula is C22H30N4O7S. The van der Waals surface area contributed by atoms with E-state index in [1.54, 1.807) is 30.3 Å². The summed E-state index contributed by atoms with van der Waals surface area (Å²) in [5, 5.41) is 23.3. The topological polar surface area (TPSA) is 179 Å². The molecule has 1 aromatic rings. The van der Waals surface area contributed by atoms with Gasteiger partial charge in [0.1, 0.15) is 18.1 Å². The van der Waals surface area contributed by atoms with Gasteiger partial charge >= 0.3 is 11.9 Å². The molecule has 6 N–H and O–H groups in total. The first-order valence-electron chi connectivity index (χ1n) is 10.9. The molecule has 1 aromatic carbocycles. The molecule has 0 saturated carbocycles. The van der Waals surface area contributed by atoms with Crippen molar-refractivity contribution in [3.05, 3.63) is 35.9 Å². The van der Waals surface area contributed by atoms with E-state index in [4.69, 9.17) is 10.8 Å². The predicted octanol–water partition coefficient (Wildman–Crippen LogP) is -0.604. The SMILES string of the molecule is NC(CCC(=O)O)C(=O)NC(CS)C(=O)N1CCCC1C(=O)NC(Cc1ccccc1)C(=O)O. The zero-order chi connectivity index (χ0) is 25.3. The monoisotopic (exact) mass is 494 g/mol. The molecule has 1 aliphatic rings. The van der Waals surface area contributed by atoms with Crippen LogP contribution in [-0.2, 0) is 30.4 Å². The van der Waals surface area contributed by atoms with Crippen molar-refractivity contribution in [3.8, 4) is 0 Å². The largest absolute Gasteiger partial charge is 0.481 e. The van der Waals surface area contributed by atoms with Crippen LogP contribution in [0.5, 0.6) is 0 Å². The summed E-state index contributed by atoms with van der Waals surface area (Å²) in [5.74, 6) is -4.17. The molecule has 12 heteroatoms. The lowest BCUT2D eigenvalue weighted by Crippen LogP contribution is -2.57. The number of carbonyl (C=O) groups is 5. The second-order valence-electron chi connectivity index (χ2n) is 8.06. The van der Waals surface area contributed by atoms with Crippen molar-refractivity contribution >= 4 is 42.3 Å². The summed E-state index contributed by atoms with van der Waals surface area (Å²) >= 11 is 4.12. The molecule has 0 bridgehead atoms. The van der Waals surface area contributed by atoms with Gasteiger partial charge in [-0.3, -0.25) is 19.2 Å². The molecule has 11 nitrogen and oxygen atoms in total. The number of thiol groups is 1. The highest BCUT2D eigenvalue weighted by molar-refractivity contribution is 7.80. The minimum Gasteiger partial charge on any atom is -0.481 e. The molecule has 0 spiro atoms. The zero-order valence-electron chi connectivity index (χ0n) is 18.6. The van der Waals surface area contributed by atoms with Crippen molar-refractivity contribution in [2.75, 3.05) is 12.3 Å². The van der Waals surface area contributed by atoms with Gasteiger partial charge in [-0.1, -0.05) is 30.3 Å². The molecule has 0 aromatic heterocycles. The van der Waals surface area contributed by atoms with Crippen molar-refractivity contribution in [2.45, 2.75) is 56.3 Å². The van der Waals surface area contributed by atoms with Crippen LogP contribution < -0.4 is 16.4 Å². The van der Waals surface area contributed by atoms with Gasteiger partial charge in [-0.25, -0.2) is 4.79 Å². The molecule has 4 unspecified atom stereocenters. The van der Waals surface area contributed by atoms with Crippen LogP contribution in [0.25, 0.3) is 0 Å². The van der Waals surface area contributed by atoms with Gasteiger partial charge in [-0.2, -0.15) is 12.6 Å². The summed E-state index contributed by atoms with van der Waals surface area (Å²) < 4.78 is 0. The van der Waals surface area contributed by atoms with Crippen LogP contribution in [0.15, 0.2) is 30.3 Å². The summed E-state index contributed by atoms with van der Waals surface area (Å²) in [5.41, 5.74) is 6.44. The second kappa shape index (κ2) is 12.9. The minimum absolute atomic E-state index is 0.0627. The highest BCUT2D eigenvalue weighted by Crippen LogP contribution is 2.19. The number of amides is 3. The van der Waals surface area contributed by atoms with E-state index in [2.05, 4.69) is 23.3 Å². The molecule has 186 valence electrons. The number of nitrogens with one attached hydrogen (secondary N) is 2. The molecule has 1 heterocycles. The number of rotatable bonds is 12. The number of nitrogens with two attached hydrogens (primary N) is 1. The Balaban J connectivity index is 2.02. The smallest absolute Gasteiger partial charge is 0.326 e. The van der Waals surface area contributed by atoms with Gasteiger partial charge in [0.15, 0.2) is 0 Å². The van der Waals surface area contributed by atoms with Crippen LogP contribution in [0.2, 0.25) is 0 Å². The lowest BCUT2D eigenvalue weighted by Gasteiger charge is -2.29. The number of hydrogen-bond donors (Lipinski definition) is 6. The summed E-state index contributed by atoms with van der Waals surface area (Å²) in [7, 11) is 0. The molecule has 0 aliphatic carbocycles. The number of aliphatic carboxylic acids is 2. The molecule has 34 heavy (non-hydrogen) atoms. The fraction of sp³-hybridized carbons (Fsp3) is 0.500. The fourth-order valence-corrected chi connectivity index (χ4v) is 3.94. The third-order valence-electron chi connectivity index (χ3n) is 5.54. The van der Waals surface area contributed by atoms with Crippen molar-refractivity contribution in [2.24, 2.45) is 5.73 Å². The maximum Gasteiger partial charge on any atom is 0.326 e. The highest BCUT2D eigenvalue weighted by atomic mass is 32.1. The van der Waals surface area contributed by atoms with Crippen molar-refractivity contribution in [1.29, 1.82) is 0 Å². The Morgan fingerprint density at radius 2 is 1.76 bits per heavy atom. The fourth-order valence-electron chi connectivity index (χ4n) is 3.70. The first kappa shape index (κ1) is 27.1. The van der Waals surface area contributed by atoms with E-state index in [9.17, 15) is 29.1 Å². The Morgan fingerprint density at radius 3 is 2.35 bits per heavy atom. The quantitative estimate of drug-likeness (QED) is 0.208. The second-order valence-corrected chi connectivity index (χ2v) is 8.43. The Hall–Kier alpha value is -3.12. The number of likely N-dealkylation sites (tertiary alicyclic amines) is 1. The molecule has 4 atom stereocenters. The normalized spacial score (nSPS) is 17.9. The van der Waals surface area contributed by atoms with Crippen molar-refractivity contribution in [3.63, 3.8) is 0 Å². The number of benzene rings is 1. The van der Waals surface area contributed by atoms with Crippen LogP contribution in [0.3, 0.4) is 0 Å². The van der Waals surface area contributed by atoms with Gasteiger partial charge in [-0.05, 0) is 24.8 Å². The maximum atomic E-state index is 13.1. The first-order valence-corrected chi connectivity index (χ1v) is 11.5. The Bertz CT molecular complexity index is 898. The number of carboxylic acids is 2. The Labute approximate surface area is 202 Å². The molecule has 3 amide bonds. The van der Waals surface area contributed by atoms with E-state index in [1.807, 2.05) is 0 Å². The van der Waals surface area contributed by atoms with Gasteiger partial charge in [0.25, 0.3) is 0 Å². The van der Waals surface area contributed by atoms with Gasteiger partial charge in [0.2, 0.25) is 17.7 Å². The molecule has 1 aliphatic heterocycles. The molecule has 2 rings (SSSR count). The molecule has 0 radical (unpaired) electrons. The lowest BCUT2D eigenvalue weighted by molar-refractivity contribution is -0.144. The van der Waals surface area contributed by atoms with Crippen molar-refractivity contribution < 1.29 is 34.2 Å². The summed E-state index contributed by atoms with van der Waals surface area (Å²) in [6.45, 7) is 0.262. The number of carbonyl (C=O) groups excluding carboxylic acids is 3. The van der Waals surface area contributed by atoms with Crippen molar-refractivity contribution in [1.82, 2.24) is 15.5 Å². The first-order chi connectivity index (χ1) is 16.1. The predicted molar refractivity (Wildman–Crippen MR) is 125 cm³/mol.